The van der Waals surface area contributed by atoms with Crippen molar-refractivity contribution in [1.82, 2.24) is 9.38 Å². The third-order valence-corrected chi connectivity index (χ3v) is 2.73. The topological polar surface area (TPSA) is 30.9 Å². The van der Waals surface area contributed by atoms with Crippen molar-refractivity contribution in [2.75, 3.05) is 7.11 Å². The lowest BCUT2D eigenvalue weighted by atomic mass is 9.88. The summed E-state index contributed by atoms with van der Waals surface area (Å²) in [5.41, 5.74) is 1.88. The van der Waals surface area contributed by atoms with E-state index in [9.17, 15) is 0 Å². The fourth-order valence-electron chi connectivity index (χ4n) is 1.88. The van der Waals surface area contributed by atoms with Crippen LogP contribution in [-0.2, 0) is 5.41 Å². The molecule has 2 heterocycles. The Bertz CT molecular complexity index is 599. The molecule has 2 aromatic heterocycles. The van der Waals surface area contributed by atoms with Crippen molar-refractivity contribution in [3.8, 4) is 5.88 Å². The molecule has 0 aliphatic rings. The summed E-state index contributed by atoms with van der Waals surface area (Å²) >= 11 is 0. The molecule has 0 saturated carbocycles. The monoisotopic (exact) mass is 229 g/mol. The molecule has 0 amide bonds. The second-order valence-electron chi connectivity index (χ2n) is 4.93. The quantitative estimate of drug-likeness (QED) is 0.703. The molecule has 0 radical (unpaired) electrons. The van der Waals surface area contributed by atoms with Crippen LogP contribution in [0.2, 0.25) is 0 Å². The smallest absolute Gasteiger partial charge is 0.274 e. The van der Waals surface area contributed by atoms with Gasteiger partial charge in [0.25, 0.3) is 11.7 Å². The minimum Gasteiger partial charge on any atom is -0.466 e. The predicted molar refractivity (Wildman–Crippen MR) is 66.7 cm³/mol. The highest BCUT2D eigenvalue weighted by atomic mass is 16.5. The lowest BCUT2D eigenvalue weighted by molar-refractivity contribution is 0.392. The molecule has 0 aromatic carbocycles. The minimum atomic E-state index is -0.0157. The van der Waals surface area contributed by atoms with Crippen LogP contribution in [-0.4, -0.2) is 16.5 Å². The Kier molecular flexibility index (Phi) is 2.55. The number of methoxy groups -OCH3 is 1. The molecule has 2 rings (SSSR count). The number of nitrogens with zero attached hydrogens (tertiary/aromatic N) is 3. The van der Waals surface area contributed by atoms with Crippen LogP contribution in [0.5, 0.6) is 5.88 Å². The maximum atomic E-state index is 7.15. The van der Waals surface area contributed by atoms with E-state index in [0.717, 1.165) is 11.2 Å². The second-order valence-corrected chi connectivity index (χ2v) is 4.93. The summed E-state index contributed by atoms with van der Waals surface area (Å²) in [4.78, 5) is 7.79. The summed E-state index contributed by atoms with van der Waals surface area (Å²) in [7, 11) is 1.60. The fourth-order valence-corrected chi connectivity index (χ4v) is 1.88. The highest BCUT2D eigenvalue weighted by molar-refractivity contribution is 5.60. The Morgan fingerprint density at radius 2 is 2.06 bits per heavy atom. The van der Waals surface area contributed by atoms with E-state index in [0.29, 0.717) is 11.7 Å². The van der Waals surface area contributed by atoms with E-state index >= 15 is 0 Å². The first-order valence-electron chi connectivity index (χ1n) is 5.41. The van der Waals surface area contributed by atoms with Crippen LogP contribution in [0.4, 0.5) is 5.82 Å². The first-order chi connectivity index (χ1) is 7.99. The summed E-state index contributed by atoms with van der Waals surface area (Å²) < 4.78 is 7.03. The molecule has 0 atom stereocenters. The summed E-state index contributed by atoms with van der Waals surface area (Å²) in [6.07, 6.45) is 1.58. The van der Waals surface area contributed by atoms with Gasteiger partial charge in [-0.05, 0) is 11.5 Å². The standard InChI is InChI=1S/C13H15N3O/c1-13(2,3)9-6-7-11(17-5)16-10(14-4)8-15-12(9)16/h6-8H,1-3,5H3. The highest BCUT2D eigenvalue weighted by Gasteiger charge is 2.23. The van der Waals surface area contributed by atoms with Gasteiger partial charge < -0.3 is 9.58 Å². The van der Waals surface area contributed by atoms with E-state index in [1.165, 1.54) is 0 Å². The molecule has 0 bridgehead atoms. The van der Waals surface area contributed by atoms with Gasteiger partial charge in [-0.25, -0.2) is 9.38 Å². The van der Waals surface area contributed by atoms with Crippen LogP contribution in [0, 0.1) is 6.57 Å². The third-order valence-electron chi connectivity index (χ3n) is 2.73. The van der Waals surface area contributed by atoms with Crippen molar-refractivity contribution in [3.63, 3.8) is 0 Å². The SMILES string of the molecule is [C-]#[N+]c1cnc2c(C(C)(C)C)ccc(OC)n12. The predicted octanol–water partition coefficient (Wildman–Crippen LogP) is 3.19. The molecule has 0 spiro atoms. The van der Waals surface area contributed by atoms with Crippen molar-refractivity contribution in [2.24, 2.45) is 0 Å². The molecule has 0 aliphatic heterocycles. The van der Waals surface area contributed by atoms with E-state index in [4.69, 9.17) is 11.3 Å². The van der Waals surface area contributed by atoms with Crippen LogP contribution >= 0.6 is 0 Å². The van der Waals surface area contributed by atoms with Crippen molar-refractivity contribution in [1.29, 1.82) is 0 Å². The molecule has 0 saturated heterocycles. The lowest BCUT2D eigenvalue weighted by Gasteiger charge is -2.18. The highest BCUT2D eigenvalue weighted by Crippen LogP contribution is 2.31. The molecule has 0 fully saturated rings. The molecule has 0 unspecified atom stereocenters. The number of hydrogen-bond acceptors (Lipinski definition) is 2. The number of imidazole rings is 1. The zero-order valence-electron chi connectivity index (χ0n) is 10.5. The molecule has 4 nitrogen and oxygen atoms in total. The van der Waals surface area contributed by atoms with E-state index < -0.39 is 0 Å². The van der Waals surface area contributed by atoms with Crippen LogP contribution in [0.3, 0.4) is 0 Å². The van der Waals surface area contributed by atoms with Gasteiger partial charge in [-0.15, -0.1) is 0 Å². The van der Waals surface area contributed by atoms with Gasteiger partial charge >= 0.3 is 0 Å². The Hall–Kier alpha value is -2.02. The van der Waals surface area contributed by atoms with Gasteiger partial charge in [-0.2, -0.15) is 0 Å². The van der Waals surface area contributed by atoms with Gasteiger partial charge in [-0.1, -0.05) is 27.3 Å². The minimum absolute atomic E-state index is 0.0157. The van der Waals surface area contributed by atoms with Crippen molar-refractivity contribution >= 4 is 11.5 Å². The van der Waals surface area contributed by atoms with Gasteiger partial charge in [0.05, 0.1) is 13.3 Å². The summed E-state index contributed by atoms with van der Waals surface area (Å²) in [6.45, 7) is 13.5. The van der Waals surface area contributed by atoms with Crippen molar-refractivity contribution in [2.45, 2.75) is 26.2 Å². The zero-order chi connectivity index (χ0) is 12.6. The first kappa shape index (κ1) is 11.5. The van der Waals surface area contributed by atoms with E-state index in [2.05, 4.69) is 30.6 Å². The van der Waals surface area contributed by atoms with Gasteiger partial charge in [0.2, 0.25) is 5.65 Å². The third kappa shape index (κ3) is 1.74. The van der Waals surface area contributed by atoms with Crippen LogP contribution in [0.1, 0.15) is 26.3 Å². The van der Waals surface area contributed by atoms with Gasteiger partial charge in [0.1, 0.15) is 0 Å². The Balaban J connectivity index is 2.86. The number of fused-ring (bicyclic) bond motifs is 1. The molecule has 17 heavy (non-hydrogen) atoms. The summed E-state index contributed by atoms with van der Waals surface area (Å²) in [6, 6.07) is 3.89. The Morgan fingerprint density at radius 3 is 2.59 bits per heavy atom. The molecule has 4 heteroatoms. The van der Waals surface area contributed by atoms with Gasteiger partial charge in [0.15, 0.2) is 0 Å². The lowest BCUT2D eigenvalue weighted by Crippen LogP contribution is -2.13. The number of rotatable bonds is 1. The molecular weight excluding hydrogens is 214 g/mol. The molecule has 0 N–H and O–H groups in total. The van der Waals surface area contributed by atoms with Crippen molar-refractivity contribution in [3.05, 3.63) is 35.3 Å². The Labute approximate surface area is 101 Å². The van der Waals surface area contributed by atoms with E-state index in [1.54, 1.807) is 17.7 Å². The average molecular weight is 229 g/mol. The fraction of sp³-hybridized carbons (Fsp3) is 0.385. The Morgan fingerprint density at radius 1 is 1.35 bits per heavy atom. The van der Waals surface area contributed by atoms with Crippen LogP contribution in [0.15, 0.2) is 18.3 Å². The zero-order valence-corrected chi connectivity index (χ0v) is 10.5. The number of pyridine rings is 1. The largest absolute Gasteiger partial charge is 0.466 e. The van der Waals surface area contributed by atoms with E-state index in [1.807, 2.05) is 12.1 Å². The molecule has 88 valence electrons. The van der Waals surface area contributed by atoms with Crippen LogP contribution in [0.25, 0.3) is 10.5 Å². The summed E-state index contributed by atoms with van der Waals surface area (Å²) in [5, 5.41) is 0. The average Bonchev–Trinajstić information content (AvgIpc) is 2.69. The van der Waals surface area contributed by atoms with Crippen molar-refractivity contribution < 1.29 is 4.74 Å². The number of hydrogen-bond donors (Lipinski definition) is 0. The number of ether oxygens (including phenoxy) is 1. The van der Waals surface area contributed by atoms with Gasteiger partial charge in [0, 0.05) is 11.6 Å². The molecule has 0 aliphatic carbocycles. The molecular formula is C13H15N3O. The van der Waals surface area contributed by atoms with E-state index in [-0.39, 0.29) is 5.41 Å². The second kappa shape index (κ2) is 3.77. The normalized spacial score (nSPS) is 11.5. The number of aromatic nitrogens is 2. The molecule has 2 aromatic rings. The maximum absolute atomic E-state index is 7.15. The van der Waals surface area contributed by atoms with Crippen LogP contribution < -0.4 is 4.74 Å². The summed E-state index contributed by atoms with van der Waals surface area (Å²) in [5.74, 6) is 1.11. The maximum Gasteiger partial charge on any atom is 0.274 e. The van der Waals surface area contributed by atoms with Gasteiger partial charge in [-0.3, -0.25) is 0 Å². The first-order valence-corrected chi connectivity index (χ1v) is 5.41.